The van der Waals surface area contributed by atoms with E-state index < -0.39 is 7.26 Å². The predicted molar refractivity (Wildman–Crippen MR) is 77.7 cm³/mol. The van der Waals surface area contributed by atoms with Crippen molar-refractivity contribution in [1.29, 1.82) is 0 Å². The zero-order valence-corrected chi connectivity index (χ0v) is 16.0. The fraction of sp³-hybridized carbons (Fsp3) is 0.333. The SMILES string of the molecule is CC=C[P+](C=CC)(C=CC)C=CC.[Na].[Na]. The Morgan fingerprint density at radius 2 is 0.733 bits per heavy atom. The molecule has 0 nitrogen and oxygen atoms in total. The summed E-state index contributed by atoms with van der Waals surface area (Å²) in [6.45, 7) is 8.30. The molecule has 0 aromatic carbocycles. The zero-order valence-electron chi connectivity index (χ0n) is 11.1. The molecular formula is C12H20Na2P+. The topological polar surface area (TPSA) is 0 Å². The number of hydrogen-bond donors (Lipinski definition) is 0. The largest absolute Gasteiger partial charge is 0.113 e. The van der Waals surface area contributed by atoms with Crippen LogP contribution in [-0.2, 0) is 0 Å². The van der Waals surface area contributed by atoms with Crippen molar-refractivity contribution in [2.45, 2.75) is 27.7 Å². The second-order valence-electron chi connectivity index (χ2n) is 2.82. The monoisotopic (exact) mass is 241 g/mol. The molecule has 15 heavy (non-hydrogen) atoms. The summed E-state index contributed by atoms with van der Waals surface area (Å²) >= 11 is 0. The third-order valence-corrected chi connectivity index (χ3v) is 4.89. The van der Waals surface area contributed by atoms with Gasteiger partial charge in [-0.1, -0.05) is 24.3 Å². The molecule has 0 aliphatic carbocycles. The van der Waals surface area contributed by atoms with Crippen LogP contribution in [0.2, 0.25) is 0 Å². The third kappa shape index (κ3) is 9.12. The van der Waals surface area contributed by atoms with Crippen LogP contribution in [0.1, 0.15) is 27.7 Å². The van der Waals surface area contributed by atoms with Crippen molar-refractivity contribution < 1.29 is 0 Å². The van der Waals surface area contributed by atoms with Gasteiger partial charge >= 0.3 is 0 Å². The maximum Gasteiger partial charge on any atom is 0.113 e. The summed E-state index contributed by atoms with van der Waals surface area (Å²) in [4.78, 5) is 0. The molecule has 0 aliphatic rings. The Morgan fingerprint density at radius 1 is 0.533 bits per heavy atom. The average molecular weight is 241 g/mol. The second kappa shape index (κ2) is 13.5. The number of allylic oxidation sites excluding steroid dienone is 4. The van der Waals surface area contributed by atoms with E-state index in [9.17, 15) is 0 Å². The summed E-state index contributed by atoms with van der Waals surface area (Å²) in [5, 5.41) is 0. The molecular weight excluding hydrogens is 221 g/mol. The van der Waals surface area contributed by atoms with Crippen LogP contribution in [-0.4, -0.2) is 59.1 Å². The Kier molecular flexibility index (Phi) is 19.4. The molecule has 0 saturated carbocycles. The van der Waals surface area contributed by atoms with Crippen LogP contribution < -0.4 is 0 Å². The van der Waals surface area contributed by atoms with Gasteiger partial charge in [-0.25, -0.2) is 0 Å². The standard InChI is InChI=1S/C12H20P.2Na/c1-5-9-13(10-6-2,11-7-3)12-8-4;;/h5-12H,1-4H3;;/q+1;;. The van der Waals surface area contributed by atoms with Gasteiger partial charge in [0.25, 0.3) is 0 Å². The first-order valence-electron chi connectivity index (χ1n) is 4.68. The van der Waals surface area contributed by atoms with E-state index in [0.29, 0.717) is 0 Å². The van der Waals surface area contributed by atoms with E-state index in [1.165, 1.54) is 0 Å². The molecule has 0 unspecified atom stereocenters. The van der Waals surface area contributed by atoms with Crippen LogP contribution in [0.15, 0.2) is 47.6 Å². The summed E-state index contributed by atoms with van der Waals surface area (Å²) in [6.07, 6.45) is 8.53. The molecule has 0 aliphatic heterocycles. The molecule has 0 spiro atoms. The molecule has 2 radical (unpaired) electrons. The maximum absolute atomic E-state index is 2.30. The molecule has 0 heterocycles. The van der Waals surface area contributed by atoms with Crippen molar-refractivity contribution >= 4 is 66.4 Å². The minimum absolute atomic E-state index is 0. The van der Waals surface area contributed by atoms with Crippen molar-refractivity contribution in [3.8, 4) is 0 Å². The fourth-order valence-corrected chi connectivity index (χ4v) is 3.99. The van der Waals surface area contributed by atoms with Gasteiger partial charge in [-0.15, -0.1) is 0 Å². The first-order chi connectivity index (χ1) is 6.24. The van der Waals surface area contributed by atoms with Gasteiger partial charge < -0.3 is 0 Å². The van der Waals surface area contributed by atoms with Crippen LogP contribution in [0.25, 0.3) is 0 Å². The first-order valence-corrected chi connectivity index (χ1v) is 6.74. The Balaban J connectivity index is -0.000000720. The Hall–Kier alpha value is 1.39. The van der Waals surface area contributed by atoms with Crippen LogP contribution in [0.4, 0.5) is 0 Å². The van der Waals surface area contributed by atoms with Crippen molar-refractivity contribution in [2.24, 2.45) is 0 Å². The van der Waals surface area contributed by atoms with E-state index >= 15 is 0 Å². The molecule has 3 heteroatoms. The minimum atomic E-state index is -1.22. The van der Waals surface area contributed by atoms with E-state index in [2.05, 4.69) is 75.3 Å². The molecule has 0 atom stereocenters. The van der Waals surface area contributed by atoms with Gasteiger partial charge in [0.1, 0.15) is 7.26 Å². The van der Waals surface area contributed by atoms with Crippen LogP contribution in [0.5, 0.6) is 0 Å². The third-order valence-electron chi connectivity index (χ3n) is 1.63. The quantitative estimate of drug-likeness (QED) is 0.506. The summed E-state index contributed by atoms with van der Waals surface area (Å²) < 4.78 is 0. The molecule has 0 fully saturated rings. The van der Waals surface area contributed by atoms with Gasteiger partial charge in [0, 0.05) is 59.1 Å². The summed E-state index contributed by atoms with van der Waals surface area (Å²) in [5.41, 5.74) is 0. The van der Waals surface area contributed by atoms with E-state index in [4.69, 9.17) is 0 Å². The van der Waals surface area contributed by atoms with E-state index in [0.717, 1.165) is 0 Å². The van der Waals surface area contributed by atoms with Crippen molar-refractivity contribution in [3.63, 3.8) is 0 Å². The Morgan fingerprint density at radius 3 is 0.867 bits per heavy atom. The minimum Gasteiger partial charge on any atom is -0.0515 e. The zero-order chi connectivity index (χ0) is 10.2. The van der Waals surface area contributed by atoms with Crippen LogP contribution in [0, 0.1) is 0 Å². The average Bonchev–Trinajstić information content (AvgIpc) is 2.06. The van der Waals surface area contributed by atoms with Gasteiger partial charge in [-0.2, -0.15) is 0 Å². The van der Waals surface area contributed by atoms with Crippen molar-refractivity contribution in [1.82, 2.24) is 0 Å². The maximum atomic E-state index is 2.30. The Bertz CT molecular complexity index is 186. The van der Waals surface area contributed by atoms with Crippen molar-refractivity contribution in [3.05, 3.63) is 47.6 Å². The number of rotatable bonds is 4. The van der Waals surface area contributed by atoms with E-state index in [1.54, 1.807) is 0 Å². The van der Waals surface area contributed by atoms with Gasteiger partial charge in [0.15, 0.2) is 0 Å². The fourth-order valence-electron chi connectivity index (χ4n) is 1.33. The molecule has 0 aromatic rings. The van der Waals surface area contributed by atoms with Crippen LogP contribution >= 0.6 is 7.26 Å². The van der Waals surface area contributed by atoms with Crippen molar-refractivity contribution in [2.75, 3.05) is 0 Å². The molecule has 0 N–H and O–H groups in total. The Labute approximate surface area is 140 Å². The van der Waals surface area contributed by atoms with Gasteiger partial charge in [-0.3, -0.25) is 0 Å². The predicted octanol–water partition coefficient (Wildman–Crippen LogP) is 4.38. The van der Waals surface area contributed by atoms with Gasteiger partial charge in [0.05, 0.1) is 23.3 Å². The summed E-state index contributed by atoms with van der Waals surface area (Å²) in [5.74, 6) is 9.19. The molecule has 0 rings (SSSR count). The smallest absolute Gasteiger partial charge is 0.0515 e. The molecule has 0 bridgehead atoms. The number of hydrogen-bond acceptors (Lipinski definition) is 0. The summed E-state index contributed by atoms with van der Waals surface area (Å²) in [7, 11) is -1.22. The first kappa shape index (κ1) is 21.7. The van der Waals surface area contributed by atoms with Crippen LogP contribution in [0.3, 0.4) is 0 Å². The molecule has 0 aromatic heterocycles. The molecule has 0 amide bonds. The van der Waals surface area contributed by atoms with Gasteiger partial charge in [0.2, 0.25) is 0 Å². The van der Waals surface area contributed by atoms with Gasteiger partial charge in [-0.05, 0) is 27.7 Å². The molecule has 74 valence electrons. The normalized spacial score (nSPS) is 15.7. The second-order valence-corrected chi connectivity index (χ2v) is 5.81. The summed E-state index contributed by atoms with van der Waals surface area (Å²) in [6, 6.07) is 0. The molecule has 0 saturated heterocycles. The van der Waals surface area contributed by atoms with E-state index in [-0.39, 0.29) is 59.1 Å². The van der Waals surface area contributed by atoms with E-state index in [1.807, 2.05) is 0 Å².